The number of rotatable bonds is 2. The lowest BCUT2D eigenvalue weighted by atomic mass is 10.2. The zero-order valence-electron chi connectivity index (χ0n) is 9.54. The number of benzene rings is 1. The van der Waals surface area contributed by atoms with Crippen LogP contribution >= 0.6 is 15.9 Å². The third kappa shape index (κ3) is 2.66. The monoisotopic (exact) mass is 305 g/mol. The lowest BCUT2D eigenvalue weighted by Crippen LogP contribution is -1.98. The fourth-order valence-electron chi connectivity index (χ4n) is 1.44. The first-order valence-electron chi connectivity index (χ1n) is 5.19. The van der Waals surface area contributed by atoms with Crippen molar-refractivity contribution in [2.45, 2.75) is 6.92 Å². The molecule has 18 heavy (non-hydrogen) atoms. The van der Waals surface area contributed by atoms with Crippen molar-refractivity contribution in [3.63, 3.8) is 0 Å². The van der Waals surface area contributed by atoms with Crippen molar-refractivity contribution in [2.24, 2.45) is 0 Å². The summed E-state index contributed by atoms with van der Waals surface area (Å²) < 4.78 is 14.4. The van der Waals surface area contributed by atoms with Crippen molar-refractivity contribution in [1.82, 2.24) is 4.98 Å². The molecule has 1 N–H and O–H groups in total. The molecule has 0 aliphatic heterocycles. The van der Waals surface area contributed by atoms with Crippen LogP contribution in [0, 0.1) is 24.1 Å². The van der Waals surface area contributed by atoms with Crippen LogP contribution in [-0.2, 0) is 0 Å². The Morgan fingerprint density at radius 3 is 2.78 bits per heavy atom. The highest BCUT2D eigenvalue weighted by molar-refractivity contribution is 9.10. The van der Waals surface area contributed by atoms with E-state index in [0.29, 0.717) is 5.82 Å². The summed E-state index contributed by atoms with van der Waals surface area (Å²) in [4.78, 5) is 4.17. The van der Waals surface area contributed by atoms with Gasteiger partial charge in [-0.3, -0.25) is 0 Å². The third-order valence-electron chi connectivity index (χ3n) is 2.33. The van der Waals surface area contributed by atoms with Crippen molar-refractivity contribution in [3.8, 4) is 6.07 Å². The molecule has 5 heteroatoms. The minimum Gasteiger partial charge on any atom is -0.337 e. The van der Waals surface area contributed by atoms with Crippen molar-refractivity contribution < 1.29 is 4.39 Å². The number of hydrogen-bond acceptors (Lipinski definition) is 3. The molecular formula is C13H9BrFN3. The first kappa shape index (κ1) is 12.5. The standard InChI is InChI=1S/C13H9BrFN3/c1-8-4-10(14)13(17-7-8)18-12-3-2-9(6-16)5-11(12)15/h2-5,7H,1H3,(H,17,18). The number of nitrogens with zero attached hydrogens (tertiary/aromatic N) is 2. The maximum Gasteiger partial charge on any atom is 0.147 e. The smallest absolute Gasteiger partial charge is 0.147 e. The van der Waals surface area contributed by atoms with E-state index in [1.54, 1.807) is 12.3 Å². The molecule has 0 aliphatic carbocycles. The highest BCUT2D eigenvalue weighted by Gasteiger charge is 2.07. The molecule has 2 aromatic rings. The molecule has 90 valence electrons. The van der Waals surface area contributed by atoms with Gasteiger partial charge in [0, 0.05) is 6.20 Å². The summed E-state index contributed by atoms with van der Waals surface area (Å²) in [5.41, 5.74) is 1.58. The normalized spacial score (nSPS) is 9.89. The Kier molecular flexibility index (Phi) is 3.58. The number of nitrogens with one attached hydrogen (secondary N) is 1. The number of aryl methyl sites for hydroxylation is 1. The maximum absolute atomic E-state index is 13.7. The molecule has 0 spiro atoms. The van der Waals surface area contributed by atoms with Gasteiger partial charge in [0.15, 0.2) is 0 Å². The average molecular weight is 306 g/mol. The van der Waals surface area contributed by atoms with Crippen LogP contribution in [0.25, 0.3) is 0 Å². The highest BCUT2D eigenvalue weighted by atomic mass is 79.9. The molecule has 0 radical (unpaired) electrons. The van der Waals surface area contributed by atoms with Crippen LogP contribution in [0.5, 0.6) is 0 Å². The van der Waals surface area contributed by atoms with Crippen LogP contribution in [0.15, 0.2) is 34.9 Å². The lowest BCUT2D eigenvalue weighted by Gasteiger charge is -2.09. The minimum absolute atomic E-state index is 0.283. The Morgan fingerprint density at radius 1 is 1.39 bits per heavy atom. The van der Waals surface area contributed by atoms with E-state index in [2.05, 4.69) is 26.2 Å². The van der Waals surface area contributed by atoms with Crippen molar-refractivity contribution >= 4 is 27.4 Å². The van der Waals surface area contributed by atoms with Gasteiger partial charge in [0.25, 0.3) is 0 Å². The van der Waals surface area contributed by atoms with Crippen LogP contribution in [0.4, 0.5) is 15.9 Å². The number of anilines is 2. The molecule has 2 rings (SSSR count). The van der Waals surface area contributed by atoms with Gasteiger partial charge in [0.05, 0.1) is 21.8 Å². The van der Waals surface area contributed by atoms with Gasteiger partial charge in [-0.05, 0) is 52.7 Å². The van der Waals surface area contributed by atoms with Gasteiger partial charge >= 0.3 is 0 Å². The predicted molar refractivity (Wildman–Crippen MR) is 71.1 cm³/mol. The van der Waals surface area contributed by atoms with Crippen LogP contribution in [-0.4, -0.2) is 4.98 Å². The summed E-state index contributed by atoms with van der Waals surface area (Å²) >= 11 is 3.36. The van der Waals surface area contributed by atoms with Gasteiger partial charge in [-0.15, -0.1) is 0 Å². The number of aromatic nitrogens is 1. The van der Waals surface area contributed by atoms with Crippen LogP contribution in [0.2, 0.25) is 0 Å². The third-order valence-corrected chi connectivity index (χ3v) is 2.93. The van der Waals surface area contributed by atoms with Gasteiger partial charge in [-0.25, -0.2) is 9.37 Å². The van der Waals surface area contributed by atoms with Gasteiger partial charge in [-0.1, -0.05) is 0 Å². The zero-order valence-corrected chi connectivity index (χ0v) is 11.1. The average Bonchev–Trinajstić information content (AvgIpc) is 2.34. The first-order valence-corrected chi connectivity index (χ1v) is 5.98. The second-order valence-corrected chi connectivity index (χ2v) is 4.63. The van der Waals surface area contributed by atoms with E-state index < -0.39 is 5.82 Å². The Morgan fingerprint density at radius 2 is 2.17 bits per heavy atom. The van der Waals surface area contributed by atoms with Crippen LogP contribution in [0.3, 0.4) is 0 Å². The molecule has 0 aliphatic rings. The van der Waals surface area contributed by atoms with E-state index >= 15 is 0 Å². The van der Waals surface area contributed by atoms with Crippen molar-refractivity contribution in [1.29, 1.82) is 5.26 Å². The summed E-state index contributed by atoms with van der Waals surface area (Å²) in [6, 6.07) is 8.02. The predicted octanol–water partition coefficient (Wildman–Crippen LogP) is 3.91. The lowest BCUT2D eigenvalue weighted by molar-refractivity contribution is 0.631. The second-order valence-electron chi connectivity index (χ2n) is 3.77. The summed E-state index contributed by atoms with van der Waals surface area (Å²) in [6.07, 6.45) is 1.69. The largest absolute Gasteiger partial charge is 0.337 e. The van der Waals surface area contributed by atoms with Crippen LogP contribution in [0.1, 0.15) is 11.1 Å². The Bertz CT molecular complexity index is 635. The van der Waals surface area contributed by atoms with E-state index in [-0.39, 0.29) is 11.3 Å². The molecule has 0 amide bonds. The molecule has 0 saturated heterocycles. The second kappa shape index (κ2) is 5.15. The molecule has 0 fully saturated rings. The van der Waals surface area contributed by atoms with Gasteiger partial charge in [0.1, 0.15) is 11.6 Å². The van der Waals surface area contributed by atoms with Crippen molar-refractivity contribution in [2.75, 3.05) is 5.32 Å². The van der Waals surface area contributed by atoms with E-state index in [1.165, 1.54) is 12.1 Å². The van der Waals surface area contributed by atoms with Gasteiger partial charge in [0.2, 0.25) is 0 Å². The van der Waals surface area contributed by atoms with Gasteiger partial charge < -0.3 is 5.32 Å². The van der Waals surface area contributed by atoms with Crippen molar-refractivity contribution in [3.05, 3.63) is 51.9 Å². The Balaban J connectivity index is 2.32. The van der Waals surface area contributed by atoms with E-state index in [9.17, 15) is 4.39 Å². The topological polar surface area (TPSA) is 48.7 Å². The van der Waals surface area contributed by atoms with E-state index in [1.807, 2.05) is 19.1 Å². The number of nitriles is 1. The minimum atomic E-state index is -0.483. The van der Waals surface area contributed by atoms with E-state index in [0.717, 1.165) is 10.0 Å². The molecule has 0 saturated carbocycles. The molecule has 1 aromatic heterocycles. The molecule has 0 atom stereocenters. The molecule has 0 unspecified atom stereocenters. The first-order chi connectivity index (χ1) is 8.60. The fourth-order valence-corrected chi connectivity index (χ4v) is 2.00. The summed E-state index contributed by atoms with van der Waals surface area (Å²) in [5.74, 6) is 0.0486. The SMILES string of the molecule is Cc1cnc(Nc2ccc(C#N)cc2F)c(Br)c1. The quantitative estimate of drug-likeness (QED) is 0.915. The molecule has 1 heterocycles. The number of hydrogen-bond donors (Lipinski definition) is 1. The summed E-state index contributed by atoms with van der Waals surface area (Å²) in [7, 11) is 0. The number of pyridine rings is 1. The van der Waals surface area contributed by atoms with E-state index in [4.69, 9.17) is 5.26 Å². The highest BCUT2D eigenvalue weighted by Crippen LogP contribution is 2.26. The summed E-state index contributed by atoms with van der Waals surface area (Å²) in [5, 5.41) is 11.5. The summed E-state index contributed by atoms with van der Waals surface area (Å²) in [6.45, 7) is 1.92. The number of halogens is 2. The maximum atomic E-state index is 13.7. The Hall–Kier alpha value is -1.93. The molecule has 3 nitrogen and oxygen atoms in total. The van der Waals surface area contributed by atoms with Gasteiger partial charge in [-0.2, -0.15) is 5.26 Å². The fraction of sp³-hybridized carbons (Fsp3) is 0.0769. The molecule has 0 bridgehead atoms. The molecular weight excluding hydrogens is 297 g/mol. The van der Waals surface area contributed by atoms with Crippen LogP contribution < -0.4 is 5.32 Å². The molecule has 1 aromatic carbocycles. The Labute approximate surface area is 112 Å². The zero-order chi connectivity index (χ0) is 13.1.